The highest BCUT2D eigenvalue weighted by Crippen LogP contribution is 2.34. The summed E-state index contributed by atoms with van der Waals surface area (Å²) >= 11 is 5.67. The second kappa shape index (κ2) is 11.6. The molecule has 0 atom stereocenters. The Hall–Kier alpha value is -3.27. The van der Waals surface area contributed by atoms with Gasteiger partial charge >= 0.3 is 0 Å². The summed E-state index contributed by atoms with van der Waals surface area (Å²) in [6, 6.07) is 22.0. The van der Waals surface area contributed by atoms with E-state index in [9.17, 15) is 0 Å². The van der Waals surface area contributed by atoms with Gasteiger partial charge in [0.1, 0.15) is 11.6 Å². The summed E-state index contributed by atoms with van der Waals surface area (Å²) in [5.41, 5.74) is 1.26. The first-order valence-electron chi connectivity index (χ1n) is 12.3. The average molecular weight is 506 g/mol. The van der Waals surface area contributed by atoms with Crippen LogP contribution in [0.5, 0.6) is 11.6 Å². The molecule has 3 aromatic rings. The molecule has 2 aromatic carbocycles. The van der Waals surface area contributed by atoms with Gasteiger partial charge in [0, 0.05) is 44.3 Å². The number of thiocarbonyl (C=S) groups is 1. The third-order valence-corrected chi connectivity index (χ3v) is 6.88. The van der Waals surface area contributed by atoms with Crippen LogP contribution in [0.3, 0.4) is 0 Å². The van der Waals surface area contributed by atoms with E-state index in [1.165, 1.54) is 5.56 Å². The van der Waals surface area contributed by atoms with Crippen LogP contribution < -0.4 is 20.3 Å². The number of nitrogens with zero attached hydrogens (tertiary/aromatic N) is 3. The molecule has 0 radical (unpaired) electrons. The molecule has 0 bridgehead atoms. The van der Waals surface area contributed by atoms with E-state index < -0.39 is 0 Å². The van der Waals surface area contributed by atoms with Crippen LogP contribution in [-0.2, 0) is 14.9 Å². The summed E-state index contributed by atoms with van der Waals surface area (Å²) in [6.07, 6.45) is 1.87. The maximum atomic E-state index is 6.03. The Kier molecular flexibility index (Phi) is 7.90. The lowest BCUT2D eigenvalue weighted by Crippen LogP contribution is -2.45. The van der Waals surface area contributed by atoms with Crippen molar-refractivity contribution in [1.82, 2.24) is 15.3 Å². The molecule has 1 aromatic heterocycles. The summed E-state index contributed by atoms with van der Waals surface area (Å²) in [5, 5.41) is 7.08. The van der Waals surface area contributed by atoms with Crippen molar-refractivity contribution >= 4 is 29.1 Å². The van der Waals surface area contributed by atoms with E-state index in [0.717, 1.165) is 45.0 Å². The van der Waals surface area contributed by atoms with Crippen molar-refractivity contribution in [2.45, 2.75) is 18.3 Å². The zero-order valence-corrected chi connectivity index (χ0v) is 21.0. The second-order valence-corrected chi connectivity index (χ2v) is 9.38. The molecular weight excluding hydrogens is 474 g/mol. The number of para-hydroxylation sites is 1. The van der Waals surface area contributed by atoms with Crippen LogP contribution in [0.4, 0.5) is 11.8 Å². The van der Waals surface area contributed by atoms with E-state index in [2.05, 4.69) is 44.8 Å². The van der Waals surface area contributed by atoms with E-state index in [1.54, 1.807) is 0 Å². The van der Waals surface area contributed by atoms with Gasteiger partial charge in [-0.2, -0.15) is 9.97 Å². The van der Waals surface area contributed by atoms with Crippen LogP contribution in [-0.4, -0.2) is 61.1 Å². The Morgan fingerprint density at radius 2 is 1.58 bits per heavy atom. The number of hydrogen-bond acceptors (Lipinski definition) is 7. The summed E-state index contributed by atoms with van der Waals surface area (Å²) in [4.78, 5) is 11.5. The number of benzene rings is 2. The van der Waals surface area contributed by atoms with E-state index in [-0.39, 0.29) is 5.41 Å². The van der Waals surface area contributed by atoms with Crippen LogP contribution in [0.15, 0.2) is 66.7 Å². The summed E-state index contributed by atoms with van der Waals surface area (Å²) in [5.74, 6) is 2.33. The molecule has 3 heterocycles. The first kappa shape index (κ1) is 24.4. The third kappa shape index (κ3) is 6.10. The van der Waals surface area contributed by atoms with Gasteiger partial charge in [-0.05, 0) is 42.8 Å². The number of nitrogens with one attached hydrogen (secondary N) is 2. The average Bonchev–Trinajstić information content (AvgIpc) is 2.94. The first-order chi connectivity index (χ1) is 17.7. The molecule has 36 heavy (non-hydrogen) atoms. The SMILES string of the molecule is S=C(NCC1(c2ccccc2)CCOCC1)Nc1nc(Oc2ccccc2)cc(N2CCOCC2)n1. The van der Waals surface area contributed by atoms with Crippen molar-refractivity contribution in [3.05, 3.63) is 72.3 Å². The van der Waals surface area contributed by atoms with Crippen molar-refractivity contribution in [2.24, 2.45) is 0 Å². The second-order valence-electron chi connectivity index (χ2n) is 8.97. The lowest BCUT2D eigenvalue weighted by molar-refractivity contribution is 0.0515. The molecule has 0 unspecified atom stereocenters. The van der Waals surface area contributed by atoms with Crippen molar-refractivity contribution in [1.29, 1.82) is 0 Å². The highest BCUT2D eigenvalue weighted by molar-refractivity contribution is 7.80. The minimum atomic E-state index is -0.0384. The third-order valence-electron chi connectivity index (χ3n) is 6.64. The highest BCUT2D eigenvalue weighted by atomic mass is 32.1. The molecule has 2 fully saturated rings. The molecule has 9 heteroatoms. The molecule has 2 aliphatic rings. The van der Waals surface area contributed by atoms with Crippen molar-refractivity contribution in [2.75, 3.05) is 56.3 Å². The minimum absolute atomic E-state index is 0.0384. The lowest BCUT2D eigenvalue weighted by Gasteiger charge is -2.38. The van der Waals surface area contributed by atoms with E-state index in [0.29, 0.717) is 42.4 Å². The molecule has 2 saturated heterocycles. The quantitative estimate of drug-likeness (QED) is 0.461. The van der Waals surface area contributed by atoms with Gasteiger partial charge in [0.05, 0.1) is 13.2 Å². The van der Waals surface area contributed by atoms with Crippen LogP contribution in [0.25, 0.3) is 0 Å². The van der Waals surface area contributed by atoms with Gasteiger partial charge in [-0.1, -0.05) is 48.5 Å². The number of aromatic nitrogens is 2. The Morgan fingerprint density at radius 1 is 0.917 bits per heavy atom. The monoisotopic (exact) mass is 505 g/mol. The number of hydrogen-bond donors (Lipinski definition) is 2. The lowest BCUT2D eigenvalue weighted by atomic mass is 9.74. The summed E-state index contributed by atoms with van der Waals surface area (Å²) in [6.45, 7) is 5.00. The van der Waals surface area contributed by atoms with Gasteiger partial charge in [0.15, 0.2) is 5.11 Å². The van der Waals surface area contributed by atoms with E-state index in [1.807, 2.05) is 42.5 Å². The topological polar surface area (TPSA) is 80.8 Å². The molecule has 2 N–H and O–H groups in total. The van der Waals surface area contributed by atoms with Gasteiger partial charge in [0.25, 0.3) is 0 Å². The number of rotatable bonds is 7. The Balaban J connectivity index is 1.32. The fourth-order valence-electron chi connectivity index (χ4n) is 4.60. The van der Waals surface area contributed by atoms with Crippen LogP contribution >= 0.6 is 12.2 Å². The molecule has 0 aliphatic carbocycles. The minimum Gasteiger partial charge on any atom is -0.439 e. The fourth-order valence-corrected chi connectivity index (χ4v) is 4.76. The molecule has 188 valence electrons. The van der Waals surface area contributed by atoms with Crippen LogP contribution in [0, 0.1) is 0 Å². The van der Waals surface area contributed by atoms with Gasteiger partial charge < -0.3 is 29.7 Å². The fraction of sp³-hybridized carbons (Fsp3) is 0.370. The number of morpholine rings is 1. The van der Waals surface area contributed by atoms with Crippen molar-refractivity contribution in [3.63, 3.8) is 0 Å². The highest BCUT2D eigenvalue weighted by Gasteiger charge is 2.34. The molecule has 0 amide bonds. The number of anilines is 2. The molecule has 8 nitrogen and oxygen atoms in total. The van der Waals surface area contributed by atoms with Crippen LogP contribution in [0.2, 0.25) is 0 Å². The Bertz CT molecular complexity index is 1140. The van der Waals surface area contributed by atoms with E-state index in [4.69, 9.17) is 31.4 Å². The Morgan fingerprint density at radius 3 is 2.31 bits per heavy atom. The first-order valence-corrected chi connectivity index (χ1v) is 12.7. The standard InChI is InChI=1S/C27H31N5O3S/c36-26(28-20-27(11-15-33-16-12-27)21-7-3-1-4-8-21)31-25-29-23(32-13-17-34-18-14-32)19-24(30-25)35-22-9-5-2-6-10-22/h1-10,19H,11-18,20H2,(H2,28,29,30,31,36). The van der Waals surface area contributed by atoms with E-state index >= 15 is 0 Å². The predicted molar refractivity (Wildman–Crippen MR) is 144 cm³/mol. The summed E-state index contributed by atoms with van der Waals surface area (Å²) in [7, 11) is 0. The normalized spacial score (nSPS) is 17.3. The predicted octanol–water partition coefficient (Wildman–Crippen LogP) is 4.14. The zero-order valence-electron chi connectivity index (χ0n) is 20.2. The maximum absolute atomic E-state index is 6.03. The van der Waals surface area contributed by atoms with Gasteiger partial charge in [-0.25, -0.2) is 0 Å². The van der Waals surface area contributed by atoms with Crippen LogP contribution in [0.1, 0.15) is 18.4 Å². The van der Waals surface area contributed by atoms with Gasteiger partial charge in [-0.15, -0.1) is 0 Å². The van der Waals surface area contributed by atoms with Gasteiger partial charge in [0.2, 0.25) is 11.8 Å². The zero-order chi connectivity index (χ0) is 24.6. The molecule has 0 spiro atoms. The van der Waals surface area contributed by atoms with Crippen molar-refractivity contribution in [3.8, 4) is 11.6 Å². The molecule has 5 rings (SSSR count). The maximum Gasteiger partial charge on any atom is 0.234 e. The largest absolute Gasteiger partial charge is 0.439 e. The van der Waals surface area contributed by atoms with Gasteiger partial charge in [-0.3, -0.25) is 0 Å². The number of ether oxygens (including phenoxy) is 3. The molecule has 0 saturated carbocycles. The molecule has 2 aliphatic heterocycles. The van der Waals surface area contributed by atoms with Crippen molar-refractivity contribution < 1.29 is 14.2 Å². The molecular formula is C27H31N5O3S. The smallest absolute Gasteiger partial charge is 0.234 e. The Labute approximate surface area is 217 Å². The summed E-state index contributed by atoms with van der Waals surface area (Å²) < 4.78 is 17.2.